The Morgan fingerprint density at radius 3 is 2.28 bits per heavy atom. The number of hydrogen-bond acceptors (Lipinski definition) is 2. The zero-order valence-corrected chi connectivity index (χ0v) is 14.3. The lowest BCUT2D eigenvalue weighted by molar-refractivity contribution is 0.0691. The highest BCUT2D eigenvalue weighted by molar-refractivity contribution is 6.74. The zero-order valence-electron chi connectivity index (χ0n) is 13.3. The highest BCUT2D eigenvalue weighted by atomic mass is 28.4. The molecule has 0 aliphatic rings. The van der Waals surface area contributed by atoms with Gasteiger partial charge in [0.05, 0.1) is 12.2 Å². The van der Waals surface area contributed by atoms with Gasteiger partial charge >= 0.3 is 0 Å². The molecule has 2 nitrogen and oxygen atoms in total. The second-order valence-corrected chi connectivity index (χ2v) is 11.4. The first kappa shape index (κ1) is 17.9. The van der Waals surface area contributed by atoms with Crippen LogP contribution in [0.5, 0.6) is 0 Å². The number of rotatable bonds is 7. The lowest BCUT2D eigenvalue weighted by Crippen LogP contribution is -2.45. The Morgan fingerprint density at radius 1 is 1.28 bits per heavy atom. The third kappa shape index (κ3) is 6.16. The van der Waals surface area contributed by atoms with Gasteiger partial charge in [0, 0.05) is 0 Å². The van der Waals surface area contributed by atoms with E-state index in [4.69, 9.17) is 4.43 Å². The number of allylic oxidation sites excluding steroid dienone is 1. The lowest BCUT2D eigenvalue weighted by atomic mass is 10.2. The Kier molecular flexibility index (Phi) is 7.41. The van der Waals surface area contributed by atoms with E-state index in [2.05, 4.69) is 46.9 Å². The van der Waals surface area contributed by atoms with Crippen molar-refractivity contribution in [2.45, 2.75) is 84.2 Å². The van der Waals surface area contributed by atoms with Gasteiger partial charge in [-0.15, -0.1) is 0 Å². The van der Waals surface area contributed by atoms with Crippen LogP contribution >= 0.6 is 0 Å². The summed E-state index contributed by atoms with van der Waals surface area (Å²) in [4.78, 5) is 0. The normalized spacial score (nSPS) is 17.1. The van der Waals surface area contributed by atoms with Crippen LogP contribution in [0.2, 0.25) is 18.1 Å². The van der Waals surface area contributed by atoms with Crippen LogP contribution in [0.3, 0.4) is 0 Å². The third-order valence-corrected chi connectivity index (χ3v) is 8.40. The van der Waals surface area contributed by atoms with Crippen LogP contribution in [0.1, 0.15) is 53.9 Å². The Bertz CT molecular complexity index is 254. The largest absolute Gasteiger partial charge is 0.411 e. The molecule has 3 heteroatoms. The highest BCUT2D eigenvalue weighted by Crippen LogP contribution is 2.37. The van der Waals surface area contributed by atoms with Gasteiger partial charge < -0.3 is 9.53 Å². The van der Waals surface area contributed by atoms with Gasteiger partial charge in [-0.05, 0) is 31.5 Å². The predicted molar refractivity (Wildman–Crippen MR) is 82.4 cm³/mol. The van der Waals surface area contributed by atoms with Crippen molar-refractivity contribution in [1.29, 1.82) is 0 Å². The summed E-state index contributed by atoms with van der Waals surface area (Å²) in [5.74, 6) is 0. The summed E-state index contributed by atoms with van der Waals surface area (Å²) in [6.45, 7) is 15.2. The molecule has 0 aliphatic heterocycles. The number of hydrogen-bond donors (Lipinski definition) is 1. The number of aliphatic hydroxyl groups excluding tert-OH is 1. The van der Waals surface area contributed by atoms with Gasteiger partial charge in [-0.25, -0.2) is 0 Å². The van der Waals surface area contributed by atoms with Crippen molar-refractivity contribution < 1.29 is 9.53 Å². The molecule has 0 rings (SSSR count). The van der Waals surface area contributed by atoms with E-state index in [-0.39, 0.29) is 11.1 Å². The number of aliphatic hydroxyl groups is 1. The molecule has 0 saturated heterocycles. The van der Waals surface area contributed by atoms with Crippen molar-refractivity contribution >= 4 is 8.32 Å². The van der Waals surface area contributed by atoms with Gasteiger partial charge in [0.1, 0.15) is 0 Å². The predicted octanol–water partition coefficient (Wildman–Crippen LogP) is 4.50. The SMILES string of the molecule is CCCCC=C[C@@H](O)[C@@H](C)O[Si](C)(C)C(C)(C)C. The van der Waals surface area contributed by atoms with Crippen molar-refractivity contribution in [3.05, 3.63) is 12.2 Å². The molecule has 0 spiro atoms. The van der Waals surface area contributed by atoms with Crippen LogP contribution in [0, 0.1) is 0 Å². The van der Waals surface area contributed by atoms with E-state index in [9.17, 15) is 5.11 Å². The van der Waals surface area contributed by atoms with Crippen molar-refractivity contribution in [2.24, 2.45) is 0 Å². The topological polar surface area (TPSA) is 29.5 Å². The molecular formula is C15H32O2Si. The third-order valence-electron chi connectivity index (χ3n) is 3.83. The first-order valence-corrected chi connectivity index (χ1v) is 10.0. The molecule has 2 atom stereocenters. The van der Waals surface area contributed by atoms with Gasteiger partial charge in [-0.1, -0.05) is 52.7 Å². The van der Waals surface area contributed by atoms with Gasteiger partial charge in [-0.2, -0.15) is 0 Å². The summed E-state index contributed by atoms with van der Waals surface area (Å²) in [6, 6.07) is 0. The minimum Gasteiger partial charge on any atom is -0.411 e. The molecule has 0 saturated carbocycles. The van der Waals surface area contributed by atoms with Crippen LogP contribution in [-0.4, -0.2) is 25.6 Å². The molecule has 0 radical (unpaired) electrons. The fourth-order valence-electron chi connectivity index (χ4n) is 1.43. The van der Waals surface area contributed by atoms with E-state index in [1.165, 1.54) is 12.8 Å². The Hall–Kier alpha value is -0.123. The number of unbranched alkanes of at least 4 members (excludes halogenated alkanes) is 2. The van der Waals surface area contributed by atoms with Gasteiger partial charge in [0.2, 0.25) is 0 Å². The van der Waals surface area contributed by atoms with E-state index in [1.807, 2.05) is 13.0 Å². The molecule has 0 aromatic heterocycles. The van der Waals surface area contributed by atoms with E-state index in [0.717, 1.165) is 6.42 Å². The van der Waals surface area contributed by atoms with Gasteiger partial charge in [0.15, 0.2) is 8.32 Å². The van der Waals surface area contributed by atoms with Crippen molar-refractivity contribution in [3.8, 4) is 0 Å². The second kappa shape index (κ2) is 7.46. The Morgan fingerprint density at radius 2 is 1.83 bits per heavy atom. The van der Waals surface area contributed by atoms with E-state index in [1.54, 1.807) is 0 Å². The smallest absolute Gasteiger partial charge is 0.192 e. The molecule has 0 aromatic rings. The molecule has 108 valence electrons. The summed E-state index contributed by atoms with van der Waals surface area (Å²) in [7, 11) is -1.78. The maximum absolute atomic E-state index is 10.1. The molecule has 0 aliphatic carbocycles. The van der Waals surface area contributed by atoms with Crippen molar-refractivity contribution in [1.82, 2.24) is 0 Å². The van der Waals surface area contributed by atoms with E-state index in [0.29, 0.717) is 0 Å². The minimum absolute atomic E-state index is 0.122. The molecule has 18 heavy (non-hydrogen) atoms. The summed E-state index contributed by atoms with van der Waals surface area (Å²) >= 11 is 0. The standard InChI is InChI=1S/C15H32O2Si/c1-8-9-10-11-12-14(16)13(2)17-18(6,7)15(3,4)5/h11-14,16H,8-10H2,1-7H3/t13-,14-/m1/s1. The van der Waals surface area contributed by atoms with Crippen LogP contribution in [0.15, 0.2) is 12.2 Å². The summed E-state index contributed by atoms with van der Waals surface area (Å²) in [5, 5.41) is 10.2. The lowest BCUT2D eigenvalue weighted by Gasteiger charge is -2.39. The molecule has 0 heterocycles. The maximum atomic E-state index is 10.1. The Labute approximate surface area is 115 Å². The summed E-state index contributed by atoms with van der Waals surface area (Å²) in [6.07, 6.45) is 6.75. The molecule has 1 N–H and O–H groups in total. The average Bonchev–Trinajstić information content (AvgIpc) is 2.21. The Balaban J connectivity index is 4.31. The average molecular weight is 273 g/mol. The zero-order chi connectivity index (χ0) is 14.4. The summed E-state index contributed by atoms with van der Waals surface area (Å²) in [5.41, 5.74) is 0. The highest BCUT2D eigenvalue weighted by Gasteiger charge is 2.39. The molecule has 0 amide bonds. The quantitative estimate of drug-likeness (QED) is 0.420. The van der Waals surface area contributed by atoms with Crippen LogP contribution in [0.4, 0.5) is 0 Å². The molecular weight excluding hydrogens is 240 g/mol. The molecule has 0 unspecified atom stereocenters. The summed E-state index contributed by atoms with van der Waals surface area (Å²) < 4.78 is 6.16. The monoisotopic (exact) mass is 272 g/mol. The fourth-order valence-corrected chi connectivity index (χ4v) is 2.85. The molecule has 0 aromatic carbocycles. The molecule has 0 fully saturated rings. The van der Waals surface area contributed by atoms with Gasteiger partial charge in [-0.3, -0.25) is 0 Å². The van der Waals surface area contributed by atoms with Crippen molar-refractivity contribution in [3.63, 3.8) is 0 Å². The van der Waals surface area contributed by atoms with Crippen LogP contribution in [0.25, 0.3) is 0 Å². The van der Waals surface area contributed by atoms with Crippen LogP contribution < -0.4 is 0 Å². The minimum atomic E-state index is -1.78. The van der Waals surface area contributed by atoms with Gasteiger partial charge in [0.25, 0.3) is 0 Å². The second-order valence-electron chi connectivity index (χ2n) is 6.64. The first-order valence-electron chi connectivity index (χ1n) is 7.14. The first-order chi connectivity index (χ1) is 8.12. The fraction of sp³-hybridized carbons (Fsp3) is 0.867. The van der Waals surface area contributed by atoms with E-state index >= 15 is 0 Å². The van der Waals surface area contributed by atoms with E-state index < -0.39 is 14.4 Å². The van der Waals surface area contributed by atoms with Crippen molar-refractivity contribution in [2.75, 3.05) is 0 Å². The maximum Gasteiger partial charge on any atom is 0.192 e. The van der Waals surface area contributed by atoms with Crippen LogP contribution in [-0.2, 0) is 4.43 Å². The molecule has 0 bridgehead atoms.